The molecule has 4 rings (SSSR count). The number of nitrogens with zero attached hydrogens (tertiary/aromatic N) is 2. The average Bonchev–Trinajstić information content (AvgIpc) is 2.78. The number of phenols is 1. The van der Waals surface area contributed by atoms with Gasteiger partial charge in [-0.3, -0.25) is 15.0 Å². The number of methoxy groups -OCH3 is 2. The van der Waals surface area contributed by atoms with E-state index in [0.717, 1.165) is 48.7 Å². The molecule has 1 N–H and O–H groups in total. The largest absolute Gasteiger partial charge is 0.508 e. The van der Waals surface area contributed by atoms with E-state index < -0.39 is 4.92 Å². The van der Waals surface area contributed by atoms with Crippen LogP contribution in [0.5, 0.6) is 17.2 Å². The minimum atomic E-state index is -0.475. The van der Waals surface area contributed by atoms with Gasteiger partial charge in [-0.25, -0.2) is 0 Å². The van der Waals surface area contributed by atoms with E-state index in [0.29, 0.717) is 5.56 Å². The zero-order valence-corrected chi connectivity index (χ0v) is 17.5. The molecule has 3 aromatic rings. The number of phenolic OH excluding ortho intramolecular Hbond substituents is 1. The lowest BCUT2D eigenvalue weighted by Gasteiger charge is -2.29. The third-order valence-electron chi connectivity index (χ3n) is 5.65. The molecule has 1 heterocycles. The average molecular weight is 420 g/mol. The topological polar surface area (TPSA) is 85.1 Å². The Labute approximate surface area is 180 Å². The van der Waals surface area contributed by atoms with Gasteiger partial charge in [-0.15, -0.1) is 0 Å². The third-order valence-corrected chi connectivity index (χ3v) is 5.65. The standard InChI is InChI=1S/C24H24N2O5/c1-30-23-11-18-9-10-25(15-19(18)12-24(23)31-2)14-16-3-5-17(6-4-16)21-8-7-20(27)13-22(21)26(28)29/h3-8,11-13,27H,9-10,14-15H2,1-2H3. The fourth-order valence-corrected chi connectivity index (χ4v) is 4.04. The molecule has 0 aliphatic carbocycles. The van der Waals surface area contributed by atoms with Crippen LogP contribution >= 0.6 is 0 Å². The van der Waals surface area contributed by atoms with Crippen molar-refractivity contribution >= 4 is 5.69 Å². The van der Waals surface area contributed by atoms with Crippen molar-refractivity contribution in [2.45, 2.75) is 19.5 Å². The first-order valence-corrected chi connectivity index (χ1v) is 10.0. The van der Waals surface area contributed by atoms with E-state index in [1.807, 2.05) is 30.3 Å². The highest BCUT2D eigenvalue weighted by molar-refractivity contribution is 5.74. The summed E-state index contributed by atoms with van der Waals surface area (Å²) in [6, 6.07) is 16.1. The van der Waals surface area contributed by atoms with Crippen LogP contribution in [-0.4, -0.2) is 35.7 Å². The first-order chi connectivity index (χ1) is 15.0. The molecule has 0 radical (unpaired) electrons. The van der Waals surface area contributed by atoms with Gasteiger partial charge >= 0.3 is 0 Å². The second kappa shape index (κ2) is 8.65. The molecule has 7 heteroatoms. The third kappa shape index (κ3) is 4.32. The van der Waals surface area contributed by atoms with Gasteiger partial charge in [0.05, 0.1) is 30.8 Å². The molecule has 1 aliphatic heterocycles. The number of benzene rings is 3. The lowest BCUT2D eigenvalue weighted by atomic mass is 9.98. The van der Waals surface area contributed by atoms with Crippen LogP contribution in [-0.2, 0) is 19.5 Å². The van der Waals surface area contributed by atoms with E-state index in [2.05, 4.69) is 11.0 Å². The fourth-order valence-electron chi connectivity index (χ4n) is 4.04. The number of hydrogen-bond donors (Lipinski definition) is 1. The van der Waals surface area contributed by atoms with E-state index in [1.165, 1.54) is 23.3 Å². The summed E-state index contributed by atoms with van der Waals surface area (Å²) in [4.78, 5) is 13.2. The van der Waals surface area contributed by atoms with Crippen LogP contribution in [0.15, 0.2) is 54.6 Å². The summed E-state index contributed by atoms with van der Waals surface area (Å²) in [5.41, 5.74) is 4.78. The maximum atomic E-state index is 11.3. The molecular formula is C24H24N2O5. The molecule has 0 amide bonds. The summed E-state index contributed by atoms with van der Waals surface area (Å²) in [5, 5.41) is 20.9. The summed E-state index contributed by atoms with van der Waals surface area (Å²) in [5.74, 6) is 1.38. The molecule has 0 spiro atoms. The SMILES string of the molecule is COc1cc2c(cc1OC)CN(Cc1ccc(-c3ccc(O)cc3[N+](=O)[O-])cc1)CC2. The van der Waals surface area contributed by atoms with Crippen molar-refractivity contribution in [3.63, 3.8) is 0 Å². The molecule has 0 saturated carbocycles. The molecule has 0 aromatic heterocycles. The Morgan fingerprint density at radius 3 is 2.32 bits per heavy atom. The Bertz CT molecular complexity index is 1110. The van der Waals surface area contributed by atoms with Crippen molar-refractivity contribution in [3.05, 3.63) is 81.4 Å². The highest BCUT2D eigenvalue weighted by atomic mass is 16.6. The van der Waals surface area contributed by atoms with Crippen molar-refractivity contribution in [1.29, 1.82) is 0 Å². The summed E-state index contributed by atoms with van der Waals surface area (Å²) in [6.45, 7) is 2.54. The van der Waals surface area contributed by atoms with Crippen LogP contribution in [0.2, 0.25) is 0 Å². The Hall–Kier alpha value is -3.58. The molecule has 0 bridgehead atoms. The Kier molecular flexibility index (Phi) is 5.77. The maximum absolute atomic E-state index is 11.3. The zero-order chi connectivity index (χ0) is 22.0. The maximum Gasteiger partial charge on any atom is 0.280 e. The quantitative estimate of drug-likeness (QED) is 0.465. The van der Waals surface area contributed by atoms with Crippen molar-refractivity contribution in [3.8, 4) is 28.4 Å². The fraction of sp³-hybridized carbons (Fsp3) is 0.250. The predicted molar refractivity (Wildman–Crippen MR) is 118 cm³/mol. The minimum absolute atomic E-state index is 0.107. The summed E-state index contributed by atoms with van der Waals surface area (Å²) < 4.78 is 10.8. The van der Waals surface area contributed by atoms with E-state index in [-0.39, 0.29) is 11.4 Å². The van der Waals surface area contributed by atoms with Crippen LogP contribution in [0.1, 0.15) is 16.7 Å². The van der Waals surface area contributed by atoms with Gasteiger partial charge in [0.25, 0.3) is 5.69 Å². The lowest BCUT2D eigenvalue weighted by Crippen LogP contribution is -2.30. The first kappa shape index (κ1) is 20.7. The first-order valence-electron chi connectivity index (χ1n) is 10.0. The number of nitro groups is 1. The number of fused-ring (bicyclic) bond motifs is 1. The van der Waals surface area contributed by atoms with Gasteiger partial charge < -0.3 is 14.6 Å². The molecule has 31 heavy (non-hydrogen) atoms. The molecule has 0 fully saturated rings. The molecule has 160 valence electrons. The van der Waals surface area contributed by atoms with Crippen molar-refractivity contribution in [2.24, 2.45) is 0 Å². The number of ether oxygens (including phenoxy) is 2. The van der Waals surface area contributed by atoms with Crippen molar-refractivity contribution in [2.75, 3.05) is 20.8 Å². The lowest BCUT2D eigenvalue weighted by molar-refractivity contribution is -0.384. The molecule has 0 saturated heterocycles. The van der Waals surface area contributed by atoms with E-state index in [1.54, 1.807) is 20.3 Å². The predicted octanol–water partition coefficient (Wildman–Crippen LogP) is 4.54. The summed E-state index contributed by atoms with van der Waals surface area (Å²) in [6.07, 6.45) is 0.938. The Morgan fingerprint density at radius 2 is 1.68 bits per heavy atom. The Morgan fingerprint density at radius 1 is 1.00 bits per heavy atom. The van der Waals surface area contributed by atoms with Gasteiger partial charge in [0.2, 0.25) is 0 Å². The number of hydrogen-bond acceptors (Lipinski definition) is 6. The van der Waals surface area contributed by atoms with Crippen molar-refractivity contribution < 1.29 is 19.5 Å². The van der Waals surface area contributed by atoms with Crippen molar-refractivity contribution in [1.82, 2.24) is 4.90 Å². The highest BCUT2D eigenvalue weighted by Gasteiger charge is 2.20. The molecule has 0 unspecified atom stereocenters. The van der Waals surface area contributed by atoms with Gasteiger partial charge in [-0.05, 0) is 52.9 Å². The summed E-state index contributed by atoms with van der Waals surface area (Å²) in [7, 11) is 3.29. The molecule has 7 nitrogen and oxygen atoms in total. The van der Waals surface area contributed by atoms with Crippen LogP contribution in [0.25, 0.3) is 11.1 Å². The number of rotatable bonds is 6. The number of aromatic hydroxyl groups is 1. The second-order valence-electron chi connectivity index (χ2n) is 7.59. The smallest absolute Gasteiger partial charge is 0.280 e. The van der Waals surface area contributed by atoms with E-state index in [4.69, 9.17) is 9.47 Å². The monoisotopic (exact) mass is 420 g/mol. The Balaban J connectivity index is 1.50. The summed E-state index contributed by atoms with van der Waals surface area (Å²) >= 11 is 0. The van der Waals surface area contributed by atoms with Gasteiger partial charge in [-0.2, -0.15) is 0 Å². The van der Waals surface area contributed by atoms with E-state index in [9.17, 15) is 15.2 Å². The van der Waals surface area contributed by atoms with Crippen LogP contribution in [0.3, 0.4) is 0 Å². The highest BCUT2D eigenvalue weighted by Crippen LogP contribution is 2.35. The molecular weight excluding hydrogens is 396 g/mol. The number of nitro benzene ring substituents is 1. The van der Waals surface area contributed by atoms with Gasteiger partial charge in [0, 0.05) is 19.6 Å². The normalized spacial score (nSPS) is 13.5. The molecule has 3 aromatic carbocycles. The molecule has 0 atom stereocenters. The van der Waals surface area contributed by atoms with Gasteiger partial charge in [0.15, 0.2) is 11.5 Å². The van der Waals surface area contributed by atoms with Crippen LogP contribution in [0.4, 0.5) is 5.69 Å². The zero-order valence-electron chi connectivity index (χ0n) is 17.5. The van der Waals surface area contributed by atoms with Gasteiger partial charge in [0.1, 0.15) is 5.75 Å². The second-order valence-corrected chi connectivity index (χ2v) is 7.59. The van der Waals surface area contributed by atoms with Crippen LogP contribution in [0, 0.1) is 10.1 Å². The molecule has 1 aliphatic rings. The van der Waals surface area contributed by atoms with Gasteiger partial charge in [-0.1, -0.05) is 24.3 Å². The minimum Gasteiger partial charge on any atom is -0.508 e. The van der Waals surface area contributed by atoms with Crippen LogP contribution < -0.4 is 9.47 Å². The van der Waals surface area contributed by atoms with E-state index >= 15 is 0 Å².